The molecule has 0 spiro atoms. The fourth-order valence-corrected chi connectivity index (χ4v) is 3.55. The number of hydrogen-bond acceptors (Lipinski definition) is 5. The average molecular weight is 236 g/mol. The monoisotopic (exact) mass is 236 g/mol. The van der Waals surface area contributed by atoms with Gasteiger partial charge in [0.15, 0.2) is 9.84 Å². The summed E-state index contributed by atoms with van der Waals surface area (Å²) in [5.41, 5.74) is 0. The molecule has 7 heteroatoms. The first-order valence-electron chi connectivity index (χ1n) is 4.47. The van der Waals surface area contributed by atoms with Gasteiger partial charge in [-0.3, -0.25) is 9.59 Å². The predicted octanol–water partition coefficient (Wildman–Crippen LogP) is -0.705. The number of hydrogen-bond donors (Lipinski definition) is 1. The van der Waals surface area contributed by atoms with E-state index < -0.39 is 45.1 Å². The van der Waals surface area contributed by atoms with Crippen molar-refractivity contribution in [1.29, 1.82) is 0 Å². The molecule has 2 atom stereocenters. The number of aliphatic carboxylic acids is 1. The molecule has 15 heavy (non-hydrogen) atoms. The van der Waals surface area contributed by atoms with Gasteiger partial charge in [0.1, 0.15) is 0 Å². The Labute approximate surface area is 87.1 Å². The summed E-state index contributed by atoms with van der Waals surface area (Å²) in [6.07, 6.45) is 0. The van der Waals surface area contributed by atoms with Crippen molar-refractivity contribution < 1.29 is 27.9 Å². The highest BCUT2D eigenvalue weighted by Gasteiger charge is 2.46. The minimum Gasteiger partial charge on any atom is -0.481 e. The van der Waals surface area contributed by atoms with Crippen LogP contribution in [0, 0.1) is 11.8 Å². The molecule has 0 unspecified atom stereocenters. The van der Waals surface area contributed by atoms with E-state index in [0.29, 0.717) is 0 Å². The first-order valence-corrected chi connectivity index (χ1v) is 6.29. The van der Waals surface area contributed by atoms with Gasteiger partial charge >= 0.3 is 11.9 Å². The Morgan fingerprint density at radius 3 is 2.33 bits per heavy atom. The third-order valence-electron chi connectivity index (χ3n) is 2.26. The molecule has 1 aliphatic rings. The SMILES string of the molecule is CCOC(=O)[C@H]1CS(=O)(=O)C[C@H]1C(=O)O. The zero-order valence-electron chi connectivity index (χ0n) is 8.17. The number of carboxylic acid groups (broad SMARTS) is 1. The van der Waals surface area contributed by atoms with E-state index in [4.69, 9.17) is 5.11 Å². The molecule has 0 bridgehead atoms. The number of rotatable bonds is 3. The van der Waals surface area contributed by atoms with Crippen LogP contribution in [0.4, 0.5) is 0 Å². The highest BCUT2D eigenvalue weighted by molar-refractivity contribution is 7.91. The van der Waals surface area contributed by atoms with E-state index in [0.717, 1.165) is 0 Å². The summed E-state index contributed by atoms with van der Waals surface area (Å²) in [6, 6.07) is 0. The molecule has 0 aromatic carbocycles. The van der Waals surface area contributed by atoms with Crippen LogP contribution in [0.15, 0.2) is 0 Å². The van der Waals surface area contributed by atoms with Gasteiger partial charge in [-0.25, -0.2) is 8.42 Å². The lowest BCUT2D eigenvalue weighted by molar-refractivity contribution is -0.155. The topological polar surface area (TPSA) is 97.7 Å². The highest BCUT2D eigenvalue weighted by atomic mass is 32.2. The maximum atomic E-state index is 11.3. The van der Waals surface area contributed by atoms with Gasteiger partial charge in [0.05, 0.1) is 29.9 Å². The van der Waals surface area contributed by atoms with Gasteiger partial charge in [-0.15, -0.1) is 0 Å². The average Bonchev–Trinajstić information content (AvgIpc) is 2.42. The number of esters is 1. The second kappa shape index (κ2) is 4.18. The van der Waals surface area contributed by atoms with Crippen molar-refractivity contribution in [3.8, 4) is 0 Å². The van der Waals surface area contributed by atoms with Gasteiger partial charge < -0.3 is 9.84 Å². The van der Waals surface area contributed by atoms with Gasteiger partial charge in [0, 0.05) is 0 Å². The normalized spacial score (nSPS) is 28.6. The quantitative estimate of drug-likeness (QED) is 0.650. The van der Waals surface area contributed by atoms with Gasteiger partial charge in [-0.1, -0.05) is 0 Å². The number of ether oxygens (including phenoxy) is 1. The van der Waals surface area contributed by atoms with Gasteiger partial charge in [-0.2, -0.15) is 0 Å². The Morgan fingerprint density at radius 2 is 1.87 bits per heavy atom. The molecule has 1 rings (SSSR count). The molecule has 86 valence electrons. The molecule has 1 aliphatic heterocycles. The molecule has 1 heterocycles. The van der Waals surface area contributed by atoms with Gasteiger partial charge in [0.2, 0.25) is 0 Å². The summed E-state index contributed by atoms with van der Waals surface area (Å²) < 4.78 is 27.0. The third kappa shape index (κ3) is 2.68. The minimum absolute atomic E-state index is 0.113. The number of carbonyl (C=O) groups excluding carboxylic acids is 1. The summed E-state index contributed by atoms with van der Waals surface area (Å²) in [7, 11) is -3.43. The van der Waals surface area contributed by atoms with Gasteiger partial charge in [0.25, 0.3) is 0 Å². The van der Waals surface area contributed by atoms with Crippen molar-refractivity contribution in [2.24, 2.45) is 11.8 Å². The van der Waals surface area contributed by atoms with Crippen LogP contribution in [0.25, 0.3) is 0 Å². The van der Waals surface area contributed by atoms with Crippen molar-refractivity contribution in [3.05, 3.63) is 0 Å². The Hall–Kier alpha value is -1.11. The minimum atomic E-state index is -3.43. The molecule has 1 fully saturated rings. The molecule has 1 N–H and O–H groups in total. The molecule has 0 aliphatic carbocycles. The lowest BCUT2D eigenvalue weighted by Gasteiger charge is -2.11. The molecule has 0 aromatic heterocycles. The van der Waals surface area contributed by atoms with Crippen molar-refractivity contribution in [1.82, 2.24) is 0 Å². The van der Waals surface area contributed by atoms with Crippen LogP contribution in [0.5, 0.6) is 0 Å². The van der Waals surface area contributed by atoms with E-state index in [2.05, 4.69) is 4.74 Å². The number of sulfone groups is 1. The Balaban J connectivity index is 2.87. The molecule has 0 saturated carbocycles. The number of carboxylic acids is 1. The molecular weight excluding hydrogens is 224 g/mol. The van der Waals surface area contributed by atoms with E-state index in [-0.39, 0.29) is 6.61 Å². The fourth-order valence-electron chi connectivity index (χ4n) is 1.57. The lowest BCUT2D eigenvalue weighted by Crippen LogP contribution is -2.29. The zero-order valence-corrected chi connectivity index (χ0v) is 8.99. The van der Waals surface area contributed by atoms with Crippen molar-refractivity contribution in [2.75, 3.05) is 18.1 Å². The second-order valence-electron chi connectivity index (χ2n) is 3.38. The molecule has 0 aromatic rings. The molecule has 1 saturated heterocycles. The summed E-state index contributed by atoms with van der Waals surface area (Å²) in [6.45, 7) is 1.69. The maximum Gasteiger partial charge on any atom is 0.310 e. The summed E-state index contributed by atoms with van der Waals surface area (Å²) in [5, 5.41) is 8.76. The van der Waals surface area contributed by atoms with Crippen molar-refractivity contribution >= 4 is 21.8 Å². The molecule has 0 radical (unpaired) electrons. The fraction of sp³-hybridized carbons (Fsp3) is 0.750. The maximum absolute atomic E-state index is 11.3. The first-order chi connectivity index (χ1) is 6.87. The van der Waals surface area contributed by atoms with Crippen LogP contribution in [-0.2, 0) is 24.2 Å². The Bertz CT molecular complexity index is 371. The van der Waals surface area contributed by atoms with E-state index >= 15 is 0 Å². The van der Waals surface area contributed by atoms with Crippen LogP contribution in [0.1, 0.15) is 6.92 Å². The molecule has 0 amide bonds. The molecule has 6 nitrogen and oxygen atoms in total. The predicted molar refractivity (Wildman–Crippen MR) is 49.9 cm³/mol. The van der Waals surface area contributed by atoms with E-state index in [1.165, 1.54) is 0 Å². The van der Waals surface area contributed by atoms with E-state index in [9.17, 15) is 18.0 Å². The van der Waals surface area contributed by atoms with Crippen molar-refractivity contribution in [2.45, 2.75) is 6.92 Å². The lowest BCUT2D eigenvalue weighted by atomic mass is 9.96. The highest BCUT2D eigenvalue weighted by Crippen LogP contribution is 2.26. The second-order valence-corrected chi connectivity index (χ2v) is 5.53. The summed E-state index contributed by atoms with van der Waals surface area (Å²) in [4.78, 5) is 22.0. The van der Waals surface area contributed by atoms with Crippen LogP contribution in [0.2, 0.25) is 0 Å². The van der Waals surface area contributed by atoms with E-state index in [1.54, 1.807) is 6.92 Å². The van der Waals surface area contributed by atoms with E-state index in [1.807, 2.05) is 0 Å². The first kappa shape index (κ1) is 12.0. The number of carbonyl (C=O) groups is 2. The Kier molecular flexibility index (Phi) is 3.33. The Morgan fingerprint density at radius 1 is 1.33 bits per heavy atom. The standard InChI is InChI=1S/C8H12O6S/c1-2-14-8(11)6-4-15(12,13)3-5(6)7(9)10/h5-6H,2-4H2,1H3,(H,9,10)/t5-,6+/m1/s1. The molecular formula is C8H12O6S. The smallest absolute Gasteiger partial charge is 0.310 e. The zero-order chi connectivity index (χ0) is 11.6. The van der Waals surface area contributed by atoms with Crippen LogP contribution < -0.4 is 0 Å². The van der Waals surface area contributed by atoms with Gasteiger partial charge in [-0.05, 0) is 6.92 Å². The van der Waals surface area contributed by atoms with Crippen LogP contribution in [-0.4, -0.2) is 43.6 Å². The summed E-state index contributed by atoms with van der Waals surface area (Å²) in [5.74, 6) is -5.16. The summed E-state index contributed by atoms with van der Waals surface area (Å²) >= 11 is 0. The van der Waals surface area contributed by atoms with Crippen LogP contribution >= 0.6 is 0 Å². The third-order valence-corrected chi connectivity index (χ3v) is 3.99. The van der Waals surface area contributed by atoms with Crippen LogP contribution in [0.3, 0.4) is 0 Å². The van der Waals surface area contributed by atoms with Crippen molar-refractivity contribution in [3.63, 3.8) is 0 Å². The largest absolute Gasteiger partial charge is 0.481 e.